The Bertz CT molecular complexity index is 440. The van der Waals surface area contributed by atoms with Crippen LogP contribution in [-0.2, 0) is 4.79 Å². The minimum absolute atomic E-state index is 0.345. The quantitative estimate of drug-likeness (QED) is 0.0631. The highest BCUT2D eigenvalue weighted by atomic mass is 35.5. The maximum atomic E-state index is 10.5. The molecule has 0 aliphatic rings. The number of carbonyl (C=O) groups is 1. The predicted octanol–water partition coefficient (Wildman–Crippen LogP) is 13.2. The molecule has 0 spiro atoms. The summed E-state index contributed by atoms with van der Waals surface area (Å²) < 4.78 is 0. The van der Waals surface area contributed by atoms with E-state index in [9.17, 15) is 4.79 Å². The molecule has 3 heteroatoms. The van der Waals surface area contributed by atoms with Gasteiger partial charge in [-0.05, 0) is 12.8 Å². The molecule has 0 saturated carbocycles. The average Bonchev–Trinajstić information content (AvgIpc) is 2.91. The number of hydrogen-bond acceptors (Lipinski definition) is 1. The van der Waals surface area contributed by atoms with E-state index < -0.39 is 5.97 Å². The van der Waals surface area contributed by atoms with Gasteiger partial charge in [-0.2, -0.15) is 0 Å². The Balaban J connectivity index is 3.02. The first-order valence-corrected chi connectivity index (χ1v) is 18.1. The molecule has 0 atom stereocenters. The van der Waals surface area contributed by atoms with Crippen LogP contribution < -0.4 is 0 Å². The molecule has 0 heterocycles. The van der Waals surface area contributed by atoms with E-state index in [-0.39, 0.29) is 0 Å². The van der Waals surface area contributed by atoms with Gasteiger partial charge >= 0.3 is 5.97 Å². The molecule has 0 unspecified atom stereocenters. The third-order valence-corrected chi connectivity index (χ3v) is 8.54. The number of carboxylic acids is 1. The SMILES string of the molecule is O=C(O)CCCCCCCCCCCCCCCCCCCCCCCCCCCCCCCCCCCl. The summed E-state index contributed by atoms with van der Waals surface area (Å²) in [6.45, 7) is 0. The van der Waals surface area contributed by atoms with Gasteiger partial charge in [0.1, 0.15) is 0 Å². The van der Waals surface area contributed by atoms with Crippen molar-refractivity contribution >= 4 is 17.6 Å². The second-order valence-electron chi connectivity index (χ2n) is 12.1. The van der Waals surface area contributed by atoms with Gasteiger partial charge in [-0.3, -0.25) is 4.79 Å². The molecule has 0 rings (SSSR count). The van der Waals surface area contributed by atoms with Crippen molar-refractivity contribution in [2.75, 3.05) is 5.88 Å². The fraction of sp³-hybridized carbons (Fsp3) is 0.971. The fourth-order valence-electron chi connectivity index (χ4n) is 5.67. The lowest BCUT2D eigenvalue weighted by molar-refractivity contribution is -0.137. The van der Waals surface area contributed by atoms with Crippen molar-refractivity contribution in [1.29, 1.82) is 0 Å². The molecule has 0 aromatic heterocycles. The normalized spacial score (nSPS) is 11.4. The molecule has 0 fully saturated rings. The second kappa shape index (κ2) is 34.8. The third-order valence-electron chi connectivity index (χ3n) is 8.27. The van der Waals surface area contributed by atoms with Gasteiger partial charge in [-0.15, -0.1) is 11.6 Å². The largest absolute Gasteiger partial charge is 0.481 e. The maximum absolute atomic E-state index is 10.5. The second-order valence-corrected chi connectivity index (χ2v) is 12.5. The Kier molecular flexibility index (Phi) is 34.6. The van der Waals surface area contributed by atoms with Crippen molar-refractivity contribution in [3.63, 3.8) is 0 Å². The van der Waals surface area contributed by atoms with Crippen LogP contribution in [0.25, 0.3) is 0 Å². The number of rotatable bonds is 34. The summed E-state index contributed by atoms with van der Waals surface area (Å²) in [6.07, 6.45) is 44.8. The molecular formula is C35H69ClO2. The minimum atomic E-state index is -0.649. The smallest absolute Gasteiger partial charge is 0.303 e. The summed E-state index contributed by atoms with van der Waals surface area (Å²) in [5.74, 6) is 0.190. The van der Waals surface area contributed by atoms with E-state index in [0.29, 0.717) is 6.42 Å². The Morgan fingerprint density at radius 1 is 0.316 bits per heavy atom. The van der Waals surface area contributed by atoms with Crippen LogP contribution in [0.4, 0.5) is 0 Å². The maximum Gasteiger partial charge on any atom is 0.303 e. The Labute approximate surface area is 244 Å². The van der Waals surface area contributed by atoms with Crippen molar-refractivity contribution in [3.8, 4) is 0 Å². The molecule has 0 amide bonds. The summed E-state index contributed by atoms with van der Waals surface area (Å²) >= 11 is 5.72. The van der Waals surface area contributed by atoms with E-state index >= 15 is 0 Å². The minimum Gasteiger partial charge on any atom is -0.481 e. The summed E-state index contributed by atoms with van der Waals surface area (Å²) in [5, 5.41) is 8.63. The summed E-state index contributed by atoms with van der Waals surface area (Å²) in [7, 11) is 0. The van der Waals surface area contributed by atoms with E-state index in [0.717, 1.165) is 18.7 Å². The number of unbranched alkanes of at least 4 members (excludes halogenated alkanes) is 31. The van der Waals surface area contributed by atoms with E-state index in [2.05, 4.69) is 0 Å². The van der Waals surface area contributed by atoms with Crippen molar-refractivity contribution in [2.45, 2.75) is 212 Å². The van der Waals surface area contributed by atoms with Crippen molar-refractivity contribution in [2.24, 2.45) is 0 Å². The van der Waals surface area contributed by atoms with Crippen molar-refractivity contribution < 1.29 is 9.90 Å². The van der Waals surface area contributed by atoms with Crippen LogP contribution in [0.3, 0.4) is 0 Å². The predicted molar refractivity (Wildman–Crippen MR) is 171 cm³/mol. The molecule has 0 aromatic carbocycles. The standard InChI is InChI=1S/C35H69ClO2/c36-34-32-30-28-26-24-22-20-18-16-14-12-10-8-6-4-2-1-3-5-7-9-11-13-15-17-19-21-23-25-27-29-31-33-35(37)38/h1-34H2,(H,37,38). The van der Waals surface area contributed by atoms with Gasteiger partial charge in [-0.1, -0.05) is 193 Å². The number of halogens is 1. The first-order valence-electron chi connectivity index (χ1n) is 17.5. The summed E-state index contributed by atoms with van der Waals surface area (Å²) in [4.78, 5) is 10.5. The van der Waals surface area contributed by atoms with Crippen LogP contribution in [0.1, 0.15) is 212 Å². The van der Waals surface area contributed by atoms with Gasteiger partial charge in [-0.25, -0.2) is 0 Å². The summed E-state index contributed by atoms with van der Waals surface area (Å²) in [6, 6.07) is 0. The van der Waals surface area contributed by atoms with E-state index in [1.807, 2.05) is 0 Å². The highest BCUT2D eigenvalue weighted by Crippen LogP contribution is 2.17. The molecule has 0 bridgehead atoms. The van der Waals surface area contributed by atoms with E-state index in [1.54, 1.807) is 0 Å². The highest BCUT2D eigenvalue weighted by molar-refractivity contribution is 6.17. The van der Waals surface area contributed by atoms with Crippen LogP contribution in [-0.4, -0.2) is 17.0 Å². The first-order chi connectivity index (χ1) is 18.8. The van der Waals surface area contributed by atoms with Crippen molar-refractivity contribution in [3.05, 3.63) is 0 Å². The Morgan fingerprint density at radius 3 is 0.632 bits per heavy atom. The zero-order valence-corrected chi connectivity index (χ0v) is 26.5. The lowest BCUT2D eigenvalue weighted by Gasteiger charge is -2.05. The first kappa shape index (κ1) is 37.8. The molecule has 0 saturated heterocycles. The van der Waals surface area contributed by atoms with Crippen LogP contribution in [0, 0.1) is 0 Å². The summed E-state index contributed by atoms with van der Waals surface area (Å²) in [5.41, 5.74) is 0. The molecule has 0 aliphatic heterocycles. The Hall–Kier alpha value is -0.240. The van der Waals surface area contributed by atoms with Gasteiger partial charge in [0.05, 0.1) is 0 Å². The average molecular weight is 557 g/mol. The van der Waals surface area contributed by atoms with Gasteiger partial charge in [0.15, 0.2) is 0 Å². The Morgan fingerprint density at radius 2 is 0.474 bits per heavy atom. The van der Waals surface area contributed by atoms with Crippen LogP contribution in [0.2, 0.25) is 0 Å². The van der Waals surface area contributed by atoms with E-state index in [1.165, 1.54) is 193 Å². The van der Waals surface area contributed by atoms with Crippen LogP contribution in [0.15, 0.2) is 0 Å². The van der Waals surface area contributed by atoms with E-state index in [4.69, 9.17) is 16.7 Å². The topological polar surface area (TPSA) is 37.3 Å². The van der Waals surface area contributed by atoms with Gasteiger partial charge < -0.3 is 5.11 Å². The lowest BCUT2D eigenvalue weighted by atomic mass is 10.0. The molecule has 228 valence electrons. The molecule has 2 nitrogen and oxygen atoms in total. The number of carboxylic acid groups (broad SMARTS) is 1. The zero-order valence-electron chi connectivity index (χ0n) is 25.8. The molecule has 0 aromatic rings. The van der Waals surface area contributed by atoms with Crippen molar-refractivity contribution in [1.82, 2.24) is 0 Å². The van der Waals surface area contributed by atoms with Gasteiger partial charge in [0, 0.05) is 12.3 Å². The van der Waals surface area contributed by atoms with Crippen LogP contribution >= 0.6 is 11.6 Å². The zero-order chi connectivity index (χ0) is 27.6. The molecular weight excluding hydrogens is 488 g/mol. The number of alkyl halides is 1. The third kappa shape index (κ3) is 35.8. The molecule has 0 aliphatic carbocycles. The number of aliphatic carboxylic acids is 1. The molecule has 1 N–H and O–H groups in total. The monoisotopic (exact) mass is 556 g/mol. The van der Waals surface area contributed by atoms with Gasteiger partial charge in [0.25, 0.3) is 0 Å². The molecule has 38 heavy (non-hydrogen) atoms. The fourth-order valence-corrected chi connectivity index (χ4v) is 5.86. The highest BCUT2D eigenvalue weighted by Gasteiger charge is 1.98. The van der Waals surface area contributed by atoms with Crippen LogP contribution in [0.5, 0.6) is 0 Å². The molecule has 0 radical (unpaired) electrons. The van der Waals surface area contributed by atoms with Gasteiger partial charge in [0.2, 0.25) is 0 Å². The number of hydrogen-bond donors (Lipinski definition) is 1. The lowest BCUT2D eigenvalue weighted by Crippen LogP contribution is -1.93.